The molecule has 0 aliphatic heterocycles. The number of hydrogen-bond donors (Lipinski definition) is 2. The molecule has 1 aromatic rings. The van der Waals surface area contributed by atoms with Crippen molar-refractivity contribution in [2.75, 3.05) is 0 Å². The van der Waals surface area contributed by atoms with Gasteiger partial charge in [-0.15, -0.1) is 0 Å². The number of aliphatic carboxylic acids is 1. The SMILES string of the molecule is O=C(O)C(O)(Cc1ccc(F)cc1F)C(F)(F)F. The second-order valence-corrected chi connectivity index (χ2v) is 3.58. The topological polar surface area (TPSA) is 57.5 Å². The lowest BCUT2D eigenvalue weighted by molar-refractivity contribution is -0.259. The summed E-state index contributed by atoms with van der Waals surface area (Å²) in [5, 5.41) is 17.5. The Morgan fingerprint density at radius 1 is 1.22 bits per heavy atom. The summed E-state index contributed by atoms with van der Waals surface area (Å²) in [6.45, 7) is 0. The van der Waals surface area contributed by atoms with Gasteiger partial charge in [0.2, 0.25) is 0 Å². The molecule has 0 radical (unpaired) electrons. The maximum atomic E-state index is 13.1. The number of halogens is 5. The lowest BCUT2D eigenvalue weighted by Gasteiger charge is -2.26. The molecule has 18 heavy (non-hydrogen) atoms. The van der Waals surface area contributed by atoms with Crippen molar-refractivity contribution in [3.8, 4) is 0 Å². The van der Waals surface area contributed by atoms with Crippen molar-refractivity contribution >= 4 is 5.97 Å². The first-order valence-electron chi connectivity index (χ1n) is 4.54. The van der Waals surface area contributed by atoms with Gasteiger partial charge in [0.25, 0.3) is 5.60 Å². The highest BCUT2D eigenvalue weighted by atomic mass is 19.4. The van der Waals surface area contributed by atoms with Crippen LogP contribution in [0.15, 0.2) is 18.2 Å². The lowest BCUT2D eigenvalue weighted by Crippen LogP contribution is -2.53. The molecule has 1 atom stereocenters. The van der Waals surface area contributed by atoms with Crippen LogP contribution in [0.25, 0.3) is 0 Å². The van der Waals surface area contributed by atoms with Gasteiger partial charge in [-0.3, -0.25) is 0 Å². The van der Waals surface area contributed by atoms with E-state index >= 15 is 0 Å². The van der Waals surface area contributed by atoms with Gasteiger partial charge in [-0.1, -0.05) is 6.07 Å². The predicted molar refractivity (Wildman–Crippen MR) is 48.7 cm³/mol. The third-order valence-electron chi connectivity index (χ3n) is 2.28. The first-order valence-corrected chi connectivity index (χ1v) is 4.54. The maximum absolute atomic E-state index is 13.1. The quantitative estimate of drug-likeness (QED) is 0.824. The van der Waals surface area contributed by atoms with Crippen LogP contribution >= 0.6 is 0 Å². The Kier molecular flexibility index (Phi) is 3.61. The van der Waals surface area contributed by atoms with Gasteiger partial charge in [-0.25, -0.2) is 13.6 Å². The molecule has 0 aliphatic carbocycles. The molecule has 0 amide bonds. The molecule has 0 saturated carbocycles. The molecule has 1 aromatic carbocycles. The van der Waals surface area contributed by atoms with E-state index in [1.165, 1.54) is 0 Å². The Bertz CT molecular complexity index is 471. The molecule has 2 N–H and O–H groups in total. The summed E-state index contributed by atoms with van der Waals surface area (Å²) in [6, 6.07) is 1.61. The molecule has 0 fully saturated rings. The van der Waals surface area contributed by atoms with Crippen molar-refractivity contribution in [3.63, 3.8) is 0 Å². The summed E-state index contributed by atoms with van der Waals surface area (Å²) >= 11 is 0. The zero-order chi connectivity index (χ0) is 14.1. The van der Waals surface area contributed by atoms with Crippen LogP contribution < -0.4 is 0 Å². The number of carbonyl (C=O) groups is 1. The number of aliphatic hydroxyl groups is 1. The van der Waals surface area contributed by atoms with Gasteiger partial charge >= 0.3 is 12.1 Å². The largest absolute Gasteiger partial charge is 0.479 e. The van der Waals surface area contributed by atoms with Crippen molar-refractivity contribution < 1.29 is 37.0 Å². The Morgan fingerprint density at radius 3 is 2.17 bits per heavy atom. The highest BCUT2D eigenvalue weighted by Gasteiger charge is 2.60. The van der Waals surface area contributed by atoms with Gasteiger partial charge in [0.15, 0.2) is 0 Å². The van der Waals surface area contributed by atoms with Crippen molar-refractivity contribution in [3.05, 3.63) is 35.4 Å². The van der Waals surface area contributed by atoms with E-state index in [1.807, 2.05) is 0 Å². The van der Waals surface area contributed by atoms with Crippen LogP contribution in [-0.2, 0) is 11.2 Å². The van der Waals surface area contributed by atoms with Gasteiger partial charge < -0.3 is 10.2 Å². The van der Waals surface area contributed by atoms with Gasteiger partial charge in [0.05, 0.1) is 0 Å². The van der Waals surface area contributed by atoms with E-state index < -0.39 is 41.4 Å². The van der Waals surface area contributed by atoms with Crippen molar-refractivity contribution in [1.82, 2.24) is 0 Å². The van der Waals surface area contributed by atoms with E-state index in [1.54, 1.807) is 0 Å². The van der Waals surface area contributed by atoms with Crippen LogP contribution in [0.3, 0.4) is 0 Å². The number of benzene rings is 1. The number of rotatable bonds is 3. The standard InChI is InChI=1S/C10H7F5O3/c11-6-2-1-5(7(12)3-6)4-9(18,8(16)17)10(13,14)15/h1-3,18H,4H2,(H,16,17). The summed E-state index contributed by atoms with van der Waals surface area (Å²) < 4.78 is 62.9. The average Bonchev–Trinajstić information content (AvgIpc) is 2.20. The van der Waals surface area contributed by atoms with Gasteiger partial charge in [0, 0.05) is 12.5 Å². The molecule has 100 valence electrons. The van der Waals surface area contributed by atoms with E-state index in [9.17, 15) is 26.7 Å². The second-order valence-electron chi connectivity index (χ2n) is 3.58. The van der Waals surface area contributed by atoms with E-state index in [2.05, 4.69) is 0 Å². The first kappa shape index (κ1) is 14.4. The van der Waals surface area contributed by atoms with Gasteiger partial charge in [-0.2, -0.15) is 13.2 Å². The van der Waals surface area contributed by atoms with Crippen molar-refractivity contribution in [2.24, 2.45) is 0 Å². The van der Waals surface area contributed by atoms with Gasteiger partial charge in [0.1, 0.15) is 11.6 Å². The van der Waals surface area contributed by atoms with E-state index in [0.717, 1.165) is 0 Å². The van der Waals surface area contributed by atoms with E-state index in [0.29, 0.717) is 18.2 Å². The zero-order valence-electron chi connectivity index (χ0n) is 8.63. The fraction of sp³-hybridized carbons (Fsp3) is 0.300. The van der Waals surface area contributed by atoms with Crippen molar-refractivity contribution in [1.29, 1.82) is 0 Å². The molecule has 1 unspecified atom stereocenters. The van der Waals surface area contributed by atoms with Crippen LogP contribution in [0.2, 0.25) is 0 Å². The van der Waals surface area contributed by atoms with Crippen LogP contribution in [0.1, 0.15) is 5.56 Å². The Hall–Kier alpha value is -1.70. The van der Waals surface area contributed by atoms with Crippen LogP contribution in [0.5, 0.6) is 0 Å². The highest BCUT2D eigenvalue weighted by molar-refractivity contribution is 5.78. The number of hydrogen-bond acceptors (Lipinski definition) is 2. The van der Waals surface area contributed by atoms with E-state index in [4.69, 9.17) is 10.2 Å². The smallest absolute Gasteiger partial charge is 0.428 e. The van der Waals surface area contributed by atoms with Crippen LogP contribution in [-0.4, -0.2) is 28.0 Å². The summed E-state index contributed by atoms with van der Waals surface area (Å²) in [7, 11) is 0. The average molecular weight is 270 g/mol. The minimum atomic E-state index is -5.49. The number of carboxylic acid groups (broad SMARTS) is 1. The fourth-order valence-corrected chi connectivity index (χ4v) is 1.24. The monoisotopic (exact) mass is 270 g/mol. The summed E-state index contributed by atoms with van der Waals surface area (Å²) in [6.07, 6.45) is -7.03. The van der Waals surface area contributed by atoms with E-state index in [-0.39, 0.29) is 0 Å². The molecule has 3 nitrogen and oxygen atoms in total. The highest BCUT2D eigenvalue weighted by Crippen LogP contribution is 2.34. The van der Waals surface area contributed by atoms with Crippen LogP contribution in [0.4, 0.5) is 22.0 Å². The Morgan fingerprint density at radius 2 is 1.78 bits per heavy atom. The van der Waals surface area contributed by atoms with Crippen molar-refractivity contribution in [2.45, 2.75) is 18.2 Å². The minimum absolute atomic E-state index is 0.300. The predicted octanol–water partition coefficient (Wildman–Crippen LogP) is 1.89. The zero-order valence-corrected chi connectivity index (χ0v) is 8.63. The molecular formula is C10H7F5O3. The summed E-state index contributed by atoms with van der Waals surface area (Å²) in [5.41, 5.74) is -4.87. The van der Waals surface area contributed by atoms with Gasteiger partial charge in [-0.05, 0) is 11.6 Å². The molecule has 8 heteroatoms. The molecule has 0 aromatic heterocycles. The summed E-state index contributed by atoms with van der Waals surface area (Å²) in [4.78, 5) is 10.5. The lowest BCUT2D eigenvalue weighted by atomic mass is 9.93. The minimum Gasteiger partial charge on any atom is -0.479 e. The Labute approximate surface area is 97.5 Å². The molecule has 1 rings (SSSR count). The summed E-state index contributed by atoms with van der Waals surface area (Å²) in [5.74, 6) is -4.94. The van der Waals surface area contributed by atoms with Crippen LogP contribution in [0, 0.1) is 11.6 Å². The maximum Gasteiger partial charge on any atom is 0.428 e. The molecule has 0 aliphatic rings. The molecule has 0 bridgehead atoms. The third kappa shape index (κ3) is 2.58. The molecular weight excluding hydrogens is 263 g/mol. The first-order chi connectivity index (χ1) is 8.08. The molecule has 0 saturated heterocycles. The Balaban J connectivity index is 3.17. The number of alkyl halides is 3. The fourth-order valence-electron chi connectivity index (χ4n) is 1.24. The molecule has 0 spiro atoms. The number of carboxylic acids is 1. The second kappa shape index (κ2) is 4.52. The normalized spacial score (nSPS) is 15.2. The molecule has 0 heterocycles. The third-order valence-corrected chi connectivity index (χ3v) is 2.28.